The van der Waals surface area contributed by atoms with Crippen LogP contribution < -0.4 is 0 Å². The molecule has 1 rings (SSSR count). The summed E-state index contributed by atoms with van der Waals surface area (Å²) in [5, 5.41) is 0. The molecule has 0 nitrogen and oxygen atoms in total. The maximum Gasteiger partial charge on any atom is -0.0352 e. The van der Waals surface area contributed by atoms with E-state index in [1.165, 1.54) is 25.7 Å². The molecule has 14 heavy (non-hydrogen) atoms. The van der Waals surface area contributed by atoms with Crippen LogP contribution in [-0.2, 0) is 0 Å². The summed E-state index contributed by atoms with van der Waals surface area (Å²) in [6, 6.07) is 0. The molecule has 1 saturated carbocycles. The van der Waals surface area contributed by atoms with Crippen LogP contribution in [0.2, 0.25) is 0 Å². The van der Waals surface area contributed by atoms with Gasteiger partial charge in [0.05, 0.1) is 0 Å². The summed E-state index contributed by atoms with van der Waals surface area (Å²) in [7, 11) is 0. The second-order valence-corrected chi connectivity index (χ2v) is 5.57. The molecule has 0 heterocycles. The third kappa shape index (κ3) is 2.32. The zero-order valence-electron chi connectivity index (χ0n) is 10.7. The van der Waals surface area contributed by atoms with Gasteiger partial charge in [-0.15, -0.1) is 0 Å². The van der Waals surface area contributed by atoms with Crippen molar-refractivity contribution >= 4 is 0 Å². The van der Waals surface area contributed by atoms with Crippen LogP contribution >= 0.6 is 0 Å². The first-order valence-corrected chi connectivity index (χ1v) is 6.61. The highest BCUT2D eigenvalue weighted by atomic mass is 14.5. The highest BCUT2D eigenvalue weighted by Gasteiger charge is 2.40. The molecule has 0 radical (unpaired) electrons. The van der Waals surface area contributed by atoms with Crippen LogP contribution in [0.1, 0.15) is 60.3 Å². The highest BCUT2D eigenvalue weighted by Crippen LogP contribution is 2.49. The first kappa shape index (κ1) is 12.1. The summed E-state index contributed by atoms with van der Waals surface area (Å²) < 4.78 is 0. The molecule has 0 saturated heterocycles. The fraction of sp³-hybridized carbons (Fsp3) is 1.00. The smallest absolute Gasteiger partial charge is 0.0352 e. The Morgan fingerprint density at radius 2 is 1.86 bits per heavy atom. The average molecular weight is 196 g/mol. The van der Waals surface area contributed by atoms with Gasteiger partial charge in [0, 0.05) is 0 Å². The van der Waals surface area contributed by atoms with Crippen molar-refractivity contribution in [2.45, 2.75) is 60.3 Å². The predicted octanol–water partition coefficient (Wildman–Crippen LogP) is 4.74. The van der Waals surface area contributed by atoms with Crippen molar-refractivity contribution in [1.82, 2.24) is 0 Å². The molecular formula is C14H28. The Morgan fingerprint density at radius 1 is 1.21 bits per heavy atom. The fourth-order valence-electron chi connectivity index (χ4n) is 3.24. The van der Waals surface area contributed by atoms with Gasteiger partial charge < -0.3 is 0 Å². The summed E-state index contributed by atoms with van der Waals surface area (Å²) in [4.78, 5) is 0. The van der Waals surface area contributed by atoms with Gasteiger partial charge >= 0.3 is 0 Å². The van der Waals surface area contributed by atoms with Crippen molar-refractivity contribution < 1.29 is 0 Å². The molecule has 0 aromatic heterocycles. The Kier molecular flexibility index (Phi) is 4.47. The Balaban J connectivity index is 2.44. The molecule has 0 aromatic rings. The molecule has 0 heteroatoms. The van der Waals surface area contributed by atoms with E-state index >= 15 is 0 Å². The first-order valence-electron chi connectivity index (χ1n) is 6.61. The lowest BCUT2D eigenvalue weighted by Crippen LogP contribution is -2.40. The number of hydrogen-bond acceptors (Lipinski definition) is 0. The van der Waals surface area contributed by atoms with Gasteiger partial charge in [0.15, 0.2) is 0 Å². The van der Waals surface area contributed by atoms with Crippen LogP contribution in [0.5, 0.6) is 0 Å². The van der Waals surface area contributed by atoms with Crippen LogP contribution in [-0.4, -0.2) is 0 Å². The minimum Gasteiger partial charge on any atom is -0.0654 e. The van der Waals surface area contributed by atoms with E-state index in [0.29, 0.717) is 0 Å². The molecule has 1 aliphatic carbocycles. The lowest BCUT2D eigenvalue weighted by molar-refractivity contribution is 0.0129. The highest BCUT2D eigenvalue weighted by molar-refractivity contribution is 4.90. The Labute approximate surface area is 90.5 Å². The molecule has 0 amide bonds. The average Bonchev–Trinajstić information content (AvgIpc) is 2.20. The molecule has 1 aliphatic rings. The van der Waals surface area contributed by atoms with Gasteiger partial charge in [0.1, 0.15) is 0 Å². The predicted molar refractivity (Wildman–Crippen MR) is 64.3 cm³/mol. The largest absolute Gasteiger partial charge is 0.0654 e. The van der Waals surface area contributed by atoms with Crippen LogP contribution in [0.15, 0.2) is 0 Å². The maximum absolute atomic E-state index is 2.48. The molecule has 5 unspecified atom stereocenters. The van der Waals surface area contributed by atoms with E-state index in [4.69, 9.17) is 0 Å². The molecule has 0 bridgehead atoms. The minimum atomic E-state index is 0.923. The topological polar surface area (TPSA) is 0 Å². The van der Waals surface area contributed by atoms with Gasteiger partial charge in [-0.05, 0) is 36.0 Å². The zero-order valence-corrected chi connectivity index (χ0v) is 10.7. The third-order valence-corrected chi connectivity index (χ3v) is 4.76. The van der Waals surface area contributed by atoms with E-state index in [9.17, 15) is 0 Å². The lowest BCUT2D eigenvalue weighted by Gasteiger charge is -2.48. The summed E-state index contributed by atoms with van der Waals surface area (Å²) in [6.45, 7) is 12.0. The van der Waals surface area contributed by atoms with Crippen LogP contribution in [0, 0.1) is 29.6 Å². The van der Waals surface area contributed by atoms with Crippen molar-refractivity contribution in [3.8, 4) is 0 Å². The molecule has 0 aliphatic heterocycles. The zero-order chi connectivity index (χ0) is 10.7. The normalized spacial score (nSPS) is 36.2. The lowest BCUT2D eigenvalue weighted by atomic mass is 9.57. The van der Waals surface area contributed by atoms with E-state index in [0.717, 1.165) is 29.6 Å². The van der Waals surface area contributed by atoms with Gasteiger partial charge in [-0.25, -0.2) is 0 Å². The van der Waals surface area contributed by atoms with Crippen molar-refractivity contribution in [1.29, 1.82) is 0 Å². The standard InChI is InChI=1S/C14H28/c1-6-8-13-11(4)9-14(13)12(5)10(3)7-2/h10-14H,6-9H2,1-5H3. The van der Waals surface area contributed by atoms with Crippen LogP contribution in [0.3, 0.4) is 0 Å². The van der Waals surface area contributed by atoms with E-state index in [1.807, 2.05) is 0 Å². The van der Waals surface area contributed by atoms with Gasteiger partial charge in [-0.2, -0.15) is 0 Å². The summed E-state index contributed by atoms with van der Waals surface area (Å²) in [5.41, 5.74) is 0. The van der Waals surface area contributed by atoms with E-state index in [2.05, 4.69) is 34.6 Å². The fourth-order valence-corrected chi connectivity index (χ4v) is 3.24. The Morgan fingerprint density at radius 3 is 2.29 bits per heavy atom. The summed E-state index contributed by atoms with van der Waals surface area (Å²) in [5.74, 6) is 4.97. The van der Waals surface area contributed by atoms with Gasteiger partial charge in [-0.3, -0.25) is 0 Å². The monoisotopic (exact) mass is 196 g/mol. The molecular weight excluding hydrogens is 168 g/mol. The van der Waals surface area contributed by atoms with Crippen LogP contribution in [0.4, 0.5) is 0 Å². The molecule has 0 aromatic carbocycles. The molecule has 0 spiro atoms. The molecule has 0 N–H and O–H groups in total. The van der Waals surface area contributed by atoms with Crippen molar-refractivity contribution in [2.75, 3.05) is 0 Å². The SMILES string of the molecule is CCCC1C(C)CC1C(C)C(C)CC. The molecule has 84 valence electrons. The molecule has 5 atom stereocenters. The first-order chi connectivity index (χ1) is 6.61. The van der Waals surface area contributed by atoms with Crippen molar-refractivity contribution in [3.05, 3.63) is 0 Å². The molecule has 1 fully saturated rings. The summed E-state index contributed by atoms with van der Waals surface area (Å²) in [6.07, 6.45) is 5.69. The van der Waals surface area contributed by atoms with E-state index < -0.39 is 0 Å². The quantitative estimate of drug-likeness (QED) is 0.595. The minimum absolute atomic E-state index is 0.923. The number of hydrogen-bond donors (Lipinski definition) is 0. The maximum atomic E-state index is 2.48. The van der Waals surface area contributed by atoms with E-state index in [-0.39, 0.29) is 0 Å². The number of rotatable bonds is 5. The second-order valence-electron chi connectivity index (χ2n) is 5.57. The van der Waals surface area contributed by atoms with E-state index in [1.54, 1.807) is 0 Å². The second kappa shape index (κ2) is 5.19. The van der Waals surface area contributed by atoms with Gasteiger partial charge in [0.25, 0.3) is 0 Å². The Bertz CT molecular complexity index is 159. The Hall–Kier alpha value is 0. The summed E-state index contributed by atoms with van der Waals surface area (Å²) >= 11 is 0. The third-order valence-electron chi connectivity index (χ3n) is 4.76. The van der Waals surface area contributed by atoms with Crippen molar-refractivity contribution in [3.63, 3.8) is 0 Å². The van der Waals surface area contributed by atoms with Crippen molar-refractivity contribution in [2.24, 2.45) is 29.6 Å². The van der Waals surface area contributed by atoms with Crippen LogP contribution in [0.25, 0.3) is 0 Å². The van der Waals surface area contributed by atoms with Gasteiger partial charge in [-0.1, -0.05) is 53.9 Å². The van der Waals surface area contributed by atoms with Gasteiger partial charge in [0.2, 0.25) is 0 Å².